The van der Waals surface area contributed by atoms with Crippen LogP contribution in [0.5, 0.6) is 5.75 Å². The Hall–Kier alpha value is -3.05. The zero-order valence-electron chi connectivity index (χ0n) is 18.1. The van der Waals surface area contributed by atoms with E-state index in [9.17, 15) is 13.2 Å². The van der Waals surface area contributed by atoms with Crippen LogP contribution in [0.25, 0.3) is 22.3 Å². The van der Waals surface area contributed by atoms with Gasteiger partial charge in [0, 0.05) is 11.5 Å². The second-order valence-corrected chi connectivity index (χ2v) is 7.93. The fraction of sp³-hybridized carbons (Fsp3) is 0.259. The number of benzene rings is 3. The van der Waals surface area contributed by atoms with Gasteiger partial charge < -0.3 is 9.47 Å². The summed E-state index contributed by atoms with van der Waals surface area (Å²) in [5, 5.41) is 0. The van der Waals surface area contributed by atoms with Crippen LogP contribution in [0.4, 0.5) is 13.2 Å². The summed E-state index contributed by atoms with van der Waals surface area (Å²) in [6.07, 6.45) is 5.88. The minimum atomic E-state index is -1.02. The minimum absolute atomic E-state index is 0.0425. The molecule has 166 valence electrons. The summed E-state index contributed by atoms with van der Waals surface area (Å²) in [5.41, 5.74) is 2.86. The monoisotopic (exact) mass is 438 g/mol. The second-order valence-electron chi connectivity index (χ2n) is 7.93. The number of ether oxygens (including phenoxy) is 2. The minimum Gasteiger partial charge on any atom is -0.494 e. The molecule has 1 heterocycles. The van der Waals surface area contributed by atoms with Crippen molar-refractivity contribution in [2.24, 2.45) is 0 Å². The molecule has 2 unspecified atom stereocenters. The smallest absolute Gasteiger partial charge is 0.201 e. The average molecular weight is 438 g/mol. The number of hydrogen-bond acceptors (Lipinski definition) is 2. The lowest BCUT2D eigenvalue weighted by Crippen LogP contribution is -2.23. The summed E-state index contributed by atoms with van der Waals surface area (Å²) in [5.74, 6) is -2.33. The van der Waals surface area contributed by atoms with Crippen molar-refractivity contribution < 1.29 is 22.6 Å². The number of methoxy groups -OCH3 is 1. The Morgan fingerprint density at radius 3 is 2.22 bits per heavy atom. The summed E-state index contributed by atoms with van der Waals surface area (Å²) in [4.78, 5) is 0. The van der Waals surface area contributed by atoms with Crippen molar-refractivity contribution in [3.05, 3.63) is 89.8 Å². The molecule has 0 aliphatic carbocycles. The molecule has 0 saturated carbocycles. The van der Waals surface area contributed by atoms with E-state index in [0.717, 1.165) is 24.0 Å². The van der Waals surface area contributed by atoms with Crippen LogP contribution in [0.15, 0.2) is 66.7 Å². The van der Waals surface area contributed by atoms with E-state index >= 15 is 0 Å². The van der Waals surface area contributed by atoms with Gasteiger partial charge in [0.1, 0.15) is 5.82 Å². The first-order valence-corrected chi connectivity index (χ1v) is 10.7. The van der Waals surface area contributed by atoms with Crippen LogP contribution in [0.1, 0.15) is 31.2 Å². The first-order valence-electron chi connectivity index (χ1n) is 10.7. The lowest BCUT2D eigenvalue weighted by molar-refractivity contribution is 0.0319. The molecule has 0 amide bonds. The second kappa shape index (κ2) is 9.61. The van der Waals surface area contributed by atoms with Crippen molar-refractivity contribution in [2.45, 2.75) is 31.8 Å². The van der Waals surface area contributed by atoms with Gasteiger partial charge >= 0.3 is 0 Å². The molecule has 0 bridgehead atoms. The fourth-order valence-corrected chi connectivity index (χ4v) is 4.18. The molecule has 1 aliphatic rings. The molecule has 0 spiro atoms. The van der Waals surface area contributed by atoms with E-state index < -0.39 is 11.6 Å². The maximum atomic E-state index is 14.9. The average Bonchev–Trinajstić information content (AvgIpc) is 2.82. The van der Waals surface area contributed by atoms with Gasteiger partial charge in [-0.15, -0.1) is 0 Å². The van der Waals surface area contributed by atoms with Gasteiger partial charge in [-0.05, 0) is 60.2 Å². The number of allylic oxidation sites excluding steroid dienone is 1. The summed E-state index contributed by atoms with van der Waals surface area (Å²) in [6.45, 7) is 2.47. The van der Waals surface area contributed by atoms with Crippen LogP contribution in [-0.2, 0) is 4.74 Å². The molecule has 4 rings (SSSR count). The lowest BCUT2D eigenvalue weighted by atomic mass is 9.89. The van der Waals surface area contributed by atoms with Crippen molar-refractivity contribution in [3.8, 4) is 28.0 Å². The summed E-state index contributed by atoms with van der Waals surface area (Å²) in [7, 11) is 1.29. The van der Waals surface area contributed by atoms with Crippen LogP contribution in [0.3, 0.4) is 0 Å². The number of rotatable bonds is 5. The molecule has 1 aliphatic heterocycles. The van der Waals surface area contributed by atoms with Gasteiger partial charge in [-0.25, -0.2) is 8.78 Å². The van der Waals surface area contributed by atoms with Gasteiger partial charge in [0.2, 0.25) is 5.82 Å². The molecule has 3 aromatic rings. The van der Waals surface area contributed by atoms with Crippen LogP contribution < -0.4 is 4.74 Å². The van der Waals surface area contributed by atoms with E-state index in [4.69, 9.17) is 9.47 Å². The van der Waals surface area contributed by atoms with Crippen LogP contribution in [-0.4, -0.2) is 19.8 Å². The zero-order chi connectivity index (χ0) is 22.7. The summed E-state index contributed by atoms with van der Waals surface area (Å²) >= 11 is 0. The maximum Gasteiger partial charge on any atom is 0.201 e. The molecule has 1 fully saturated rings. The molecule has 2 atom stereocenters. The topological polar surface area (TPSA) is 18.5 Å². The standard InChI is InChI=1S/C27H25F3O2/c1-3-4-21-11-9-20(16-32-21)22-12-10-19(15-24(22)28)17-5-7-18(8-6-17)23-13-14-25(31-2)27(30)26(23)29/h3-8,10,12-15,20-21H,9,11,16H2,1-2H3. The van der Waals surface area contributed by atoms with E-state index in [0.29, 0.717) is 17.7 Å². The lowest BCUT2D eigenvalue weighted by Gasteiger charge is -2.28. The predicted molar refractivity (Wildman–Crippen MR) is 120 cm³/mol. The third-order valence-electron chi connectivity index (χ3n) is 5.95. The van der Waals surface area contributed by atoms with Crippen molar-refractivity contribution in [1.82, 2.24) is 0 Å². The Bertz CT molecular complexity index is 1110. The summed E-state index contributed by atoms with van der Waals surface area (Å²) < 4.78 is 54.0. The van der Waals surface area contributed by atoms with E-state index in [1.165, 1.54) is 25.3 Å². The van der Waals surface area contributed by atoms with Crippen molar-refractivity contribution in [1.29, 1.82) is 0 Å². The van der Waals surface area contributed by atoms with Gasteiger partial charge in [0.05, 0.1) is 19.8 Å². The Labute approximate surface area is 186 Å². The van der Waals surface area contributed by atoms with Crippen LogP contribution >= 0.6 is 0 Å². The molecule has 0 radical (unpaired) electrons. The Morgan fingerprint density at radius 1 is 0.875 bits per heavy atom. The largest absolute Gasteiger partial charge is 0.494 e. The SMILES string of the molecule is CC=CC1CCC(c2ccc(-c3ccc(-c4ccc(OC)c(F)c4F)cc3)cc2F)CO1. The number of hydrogen-bond donors (Lipinski definition) is 0. The van der Waals surface area contributed by atoms with Gasteiger partial charge in [-0.2, -0.15) is 4.39 Å². The highest BCUT2D eigenvalue weighted by molar-refractivity contribution is 5.71. The molecule has 5 heteroatoms. The Morgan fingerprint density at radius 2 is 1.59 bits per heavy atom. The molecular weight excluding hydrogens is 413 g/mol. The number of halogens is 3. The molecule has 2 nitrogen and oxygen atoms in total. The van der Waals surface area contributed by atoms with Crippen molar-refractivity contribution in [2.75, 3.05) is 13.7 Å². The van der Waals surface area contributed by atoms with Gasteiger partial charge in [0.15, 0.2) is 11.6 Å². The first-order chi connectivity index (χ1) is 15.5. The van der Waals surface area contributed by atoms with Gasteiger partial charge in [0.25, 0.3) is 0 Å². The Kier molecular flexibility index (Phi) is 6.66. The van der Waals surface area contributed by atoms with Gasteiger partial charge in [-0.3, -0.25) is 0 Å². The fourth-order valence-electron chi connectivity index (χ4n) is 4.18. The van der Waals surface area contributed by atoms with E-state index in [-0.39, 0.29) is 29.2 Å². The van der Waals surface area contributed by atoms with Crippen molar-refractivity contribution >= 4 is 0 Å². The normalized spacial score (nSPS) is 18.8. The van der Waals surface area contributed by atoms with Crippen LogP contribution in [0.2, 0.25) is 0 Å². The van der Waals surface area contributed by atoms with E-state index in [2.05, 4.69) is 0 Å². The molecule has 0 aromatic heterocycles. The highest BCUT2D eigenvalue weighted by Gasteiger charge is 2.24. The Balaban J connectivity index is 1.53. The van der Waals surface area contributed by atoms with Gasteiger partial charge in [-0.1, -0.05) is 48.6 Å². The summed E-state index contributed by atoms with van der Waals surface area (Å²) in [6, 6.07) is 15.0. The molecule has 3 aromatic carbocycles. The first kappa shape index (κ1) is 22.2. The maximum absolute atomic E-state index is 14.9. The highest BCUT2D eigenvalue weighted by Crippen LogP contribution is 2.34. The molecule has 32 heavy (non-hydrogen) atoms. The van der Waals surface area contributed by atoms with E-state index in [1.54, 1.807) is 24.3 Å². The third kappa shape index (κ3) is 4.44. The zero-order valence-corrected chi connectivity index (χ0v) is 18.1. The van der Waals surface area contributed by atoms with E-state index in [1.807, 2.05) is 31.2 Å². The third-order valence-corrected chi connectivity index (χ3v) is 5.95. The predicted octanol–water partition coefficient (Wildman–Crippen LogP) is 7.29. The van der Waals surface area contributed by atoms with Crippen LogP contribution in [0, 0.1) is 17.5 Å². The molecular formula is C27H25F3O2. The quantitative estimate of drug-likeness (QED) is 0.390. The highest BCUT2D eigenvalue weighted by atomic mass is 19.2. The molecule has 1 saturated heterocycles. The van der Waals surface area contributed by atoms with Crippen molar-refractivity contribution in [3.63, 3.8) is 0 Å². The molecule has 0 N–H and O–H groups in total.